The molecule has 0 radical (unpaired) electrons. The van der Waals surface area contributed by atoms with Crippen LogP contribution in [0.1, 0.15) is 43.7 Å². The number of hydrogen-bond donors (Lipinski definition) is 0. The molecule has 5 nitrogen and oxygen atoms in total. The number of thioether (sulfide) groups is 1. The lowest BCUT2D eigenvalue weighted by molar-refractivity contribution is -0.143. The molecule has 0 aromatic heterocycles. The number of unbranched alkanes of at least 4 members (excludes halogenated alkanes) is 2. The smallest absolute Gasteiger partial charge is 0.305 e. The van der Waals surface area contributed by atoms with E-state index in [1.54, 1.807) is 11.8 Å². The van der Waals surface area contributed by atoms with Gasteiger partial charge in [0.25, 0.3) is 5.91 Å². The summed E-state index contributed by atoms with van der Waals surface area (Å²) in [5.74, 6) is 0.433. The van der Waals surface area contributed by atoms with Crippen molar-refractivity contribution >= 4 is 57.9 Å². The van der Waals surface area contributed by atoms with Gasteiger partial charge in [0.2, 0.25) is 0 Å². The van der Waals surface area contributed by atoms with Crippen LogP contribution in [0.3, 0.4) is 0 Å². The van der Waals surface area contributed by atoms with Crippen LogP contribution in [0.4, 0.5) is 0 Å². The lowest BCUT2D eigenvalue weighted by atomic mass is 10.2. The number of esters is 1. The van der Waals surface area contributed by atoms with E-state index in [0.717, 1.165) is 30.4 Å². The summed E-state index contributed by atoms with van der Waals surface area (Å²) in [4.78, 5) is 26.5. The van der Waals surface area contributed by atoms with E-state index in [9.17, 15) is 9.59 Å². The number of carbonyl (C=O) groups excluding carboxylic acids is 2. The summed E-state index contributed by atoms with van der Waals surface area (Å²) < 4.78 is 11.4. The van der Waals surface area contributed by atoms with Crippen molar-refractivity contribution in [2.45, 2.75) is 39.2 Å². The van der Waals surface area contributed by atoms with Crippen LogP contribution in [-0.2, 0) is 20.9 Å². The van der Waals surface area contributed by atoms with Gasteiger partial charge in [0.1, 0.15) is 16.7 Å². The molecule has 1 saturated heterocycles. The molecule has 1 heterocycles. The van der Waals surface area contributed by atoms with Crippen molar-refractivity contribution in [1.82, 2.24) is 4.90 Å². The summed E-state index contributed by atoms with van der Waals surface area (Å²) in [6.07, 6.45) is 4.60. The predicted octanol–water partition coefficient (Wildman–Crippen LogP) is 6.24. The van der Waals surface area contributed by atoms with Crippen molar-refractivity contribution < 1.29 is 19.1 Å². The molecule has 1 fully saturated rings. The zero-order valence-electron chi connectivity index (χ0n) is 18.4. The number of ether oxygens (including phenoxy) is 2. The molecular weight excluding hydrogens is 478 g/mol. The maximum atomic E-state index is 12.8. The number of halogens is 1. The maximum absolute atomic E-state index is 12.8. The number of rotatable bonds is 11. The first-order valence-corrected chi connectivity index (χ1v) is 12.5. The third-order valence-corrected chi connectivity index (χ3v) is 6.70. The molecule has 1 aliphatic heterocycles. The standard InChI is InChI=1S/C25H26ClNO4S2/c1-2-30-23(28)13-4-3-7-14-27-24(29)22(33-25(27)32)16-18-9-8-11-20(15-18)31-17-19-10-5-6-12-21(19)26/h5-6,8-12,15-16H,2-4,7,13-14,17H2,1H3/b22-16+. The van der Waals surface area contributed by atoms with Gasteiger partial charge in [0.05, 0.1) is 11.5 Å². The third kappa shape index (κ3) is 7.59. The summed E-state index contributed by atoms with van der Waals surface area (Å²) in [6, 6.07) is 15.1. The van der Waals surface area contributed by atoms with Crippen molar-refractivity contribution in [3.8, 4) is 5.75 Å². The number of amides is 1. The largest absolute Gasteiger partial charge is 0.489 e. The van der Waals surface area contributed by atoms with Gasteiger partial charge in [-0.05, 0) is 49.6 Å². The van der Waals surface area contributed by atoms with E-state index in [1.807, 2.05) is 54.6 Å². The number of benzene rings is 2. The average Bonchev–Trinajstić information content (AvgIpc) is 3.06. The first-order valence-electron chi connectivity index (χ1n) is 10.8. The Kier molecular flexibility index (Phi) is 9.78. The summed E-state index contributed by atoms with van der Waals surface area (Å²) >= 11 is 12.9. The molecule has 0 aliphatic carbocycles. The molecule has 1 amide bonds. The molecule has 0 bridgehead atoms. The van der Waals surface area contributed by atoms with E-state index in [4.69, 9.17) is 33.3 Å². The molecule has 0 atom stereocenters. The molecule has 0 N–H and O–H groups in total. The van der Waals surface area contributed by atoms with E-state index < -0.39 is 0 Å². The molecular formula is C25H26ClNO4S2. The number of thiocarbonyl (C=S) groups is 1. The Morgan fingerprint density at radius 2 is 1.97 bits per heavy atom. The Morgan fingerprint density at radius 3 is 2.76 bits per heavy atom. The van der Waals surface area contributed by atoms with Crippen molar-refractivity contribution in [3.05, 3.63) is 69.6 Å². The lowest BCUT2D eigenvalue weighted by Crippen LogP contribution is -2.29. The Labute approximate surface area is 209 Å². The van der Waals surface area contributed by atoms with Crippen molar-refractivity contribution in [3.63, 3.8) is 0 Å². The molecule has 0 saturated carbocycles. The summed E-state index contributed by atoms with van der Waals surface area (Å²) in [5, 5.41) is 0.665. The molecule has 174 valence electrons. The first-order chi connectivity index (χ1) is 16.0. The molecule has 2 aromatic carbocycles. The highest BCUT2D eigenvalue weighted by Gasteiger charge is 2.31. The Balaban J connectivity index is 1.53. The van der Waals surface area contributed by atoms with Gasteiger partial charge < -0.3 is 9.47 Å². The topological polar surface area (TPSA) is 55.8 Å². The highest BCUT2D eigenvalue weighted by molar-refractivity contribution is 8.26. The van der Waals surface area contributed by atoms with Crippen LogP contribution in [0.5, 0.6) is 5.75 Å². The SMILES string of the molecule is CCOC(=O)CCCCCN1C(=O)/C(=C\c2cccc(OCc3ccccc3Cl)c2)SC1=S. The fraction of sp³-hybridized carbons (Fsp3) is 0.320. The van der Waals surface area contributed by atoms with E-state index in [2.05, 4.69) is 0 Å². The summed E-state index contributed by atoms with van der Waals surface area (Å²) in [5.41, 5.74) is 1.77. The van der Waals surface area contributed by atoms with E-state index in [-0.39, 0.29) is 11.9 Å². The Morgan fingerprint density at radius 1 is 1.15 bits per heavy atom. The van der Waals surface area contributed by atoms with Crippen LogP contribution in [0.2, 0.25) is 5.02 Å². The number of carbonyl (C=O) groups is 2. The zero-order valence-corrected chi connectivity index (χ0v) is 20.8. The molecule has 0 spiro atoms. The monoisotopic (exact) mass is 503 g/mol. The molecule has 1 aliphatic rings. The fourth-order valence-corrected chi connectivity index (χ4v) is 4.76. The van der Waals surface area contributed by atoms with Crippen molar-refractivity contribution in [2.75, 3.05) is 13.2 Å². The minimum absolute atomic E-state index is 0.0854. The second kappa shape index (κ2) is 12.8. The summed E-state index contributed by atoms with van der Waals surface area (Å²) in [6.45, 7) is 3.11. The van der Waals surface area contributed by atoms with E-state index in [1.165, 1.54) is 11.8 Å². The van der Waals surface area contributed by atoms with Crippen LogP contribution in [0.15, 0.2) is 53.4 Å². The van der Waals surface area contributed by atoms with E-state index >= 15 is 0 Å². The van der Waals surface area contributed by atoms with Gasteiger partial charge in [-0.2, -0.15) is 0 Å². The molecule has 33 heavy (non-hydrogen) atoms. The lowest BCUT2D eigenvalue weighted by Gasteiger charge is -2.14. The number of nitrogens with zero attached hydrogens (tertiary/aromatic N) is 1. The predicted molar refractivity (Wildman–Crippen MR) is 137 cm³/mol. The van der Waals surface area contributed by atoms with Gasteiger partial charge in [0.15, 0.2) is 0 Å². The number of hydrogen-bond acceptors (Lipinski definition) is 6. The van der Waals surface area contributed by atoms with Gasteiger partial charge in [-0.3, -0.25) is 14.5 Å². The first kappa shape index (κ1) is 25.3. The Hall–Kier alpha value is -2.35. The summed E-state index contributed by atoms with van der Waals surface area (Å²) in [7, 11) is 0. The average molecular weight is 504 g/mol. The quantitative estimate of drug-likeness (QED) is 0.156. The van der Waals surface area contributed by atoms with Crippen LogP contribution in [0, 0.1) is 0 Å². The minimum atomic E-state index is -0.177. The second-order valence-electron chi connectivity index (χ2n) is 7.40. The molecule has 0 unspecified atom stereocenters. The molecule has 8 heteroatoms. The van der Waals surface area contributed by atoms with Gasteiger partial charge in [-0.15, -0.1) is 0 Å². The second-order valence-corrected chi connectivity index (χ2v) is 9.48. The molecule has 3 rings (SSSR count). The van der Waals surface area contributed by atoms with Crippen LogP contribution >= 0.6 is 35.6 Å². The highest BCUT2D eigenvalue weighted by Crippen LogP contribution is 2.33. The van der Waals surface area contributed by atoms with Crippen molar-refractivity contribution in [1.29, 1.82) is 0 Å². The van der Waals surface area contributed by atoms with Gasteiger partial charge in [-0.1, -0.05) is 72.3 Å². The van der Waals surface area contributed by atoms with Gasteiger partial charge in [-0.25, -0.2) is 0 Å². The maximum Gasteiger partial charge on any atom is 0.305 e. The van der Waals surface area contributed by atoms with Gasteiger partial charge >= 0.3 is 5.97 Å². The fourth-order valence-electron chi connectivity index (χ4n) is 3.26. The van der Waals surface area contributed by atoms with E-state index in [0.29, 0.717) is 46.2 Å². The minimum Gasteiger partial charge on any atom is -0.489 e. The van der Waals surface area contributed by atoms with Crippen LogP contribution in [0.25, 0.3) is 6.08 Å². The third-order valence-electron chi connectivity index (χ3n) is 4.95. The molecule has 2 aromatic rings. The zero-order chi connectivity index (χ0) is 23.6. The van der Waals surface area contributed by atoms with Gasteiger partial charge in [0, 0.05) is 23.6 Å². The van der Waals surface area contributed by atoms with Crippen LogP contribution in [-0.4, -0.2) is 34.2 Å². The van der Waals surface area contributed by atoms with Crippen molar-refractivity contribution in [2.24, 2.45) is 0 Å². The van der Waals surface area contributed by atoms with Crippen LogP contribution < -0.4 is 4.74 Å². The highest BCUT2D eigenvalue weighted by atomic mass is 35.5. The Bertz CT molecular complexity index is 1040. The normalized spacial score (nSPS) is 14.7.